The van der Waals surface area contributed by atoms with Crippen molar-refractivity contribution in [2.45, 2.75) is 44.0 Å². The number of rotatable bonds is 5. The molecule has 2 aliphatic rings. The first-order chi connectivity index (χ1) is 11.7. The predicted molar refractivity (Wildman–Crippen MR) is 96.1 cm³/mol. The maximum atomic E-state index is 6.32. The van der Waals surface area contributed by atoms with E-state index >= 15 is 0 Å². The van der Waals surface area contributed by atoms with Crippen molar-refractivity contribution in [3.8, 4) is 0 Å². The zero-order chi connectivity index (χ0) is 16.4. The van der Waals surface area contributed by atoms with Gasteiger partial charge >= 0.3 is 0 Å². The van der Waals surface area contributed by atoms with Gasteiger partial charge in [0.05, 0.1) is 25.0 Å². The van der Waals surface area contributed by atoms with Crippen molar-refractivity contribution in [2.24, 2.45) is 0 Å². The Hall–Kier alpha value is -1.14. The molecule has 4 rings (SSSR count). The summed E-state index contributed by atoms with van der Waals surface area (Å²) in [5.74, 6) is 1.03. The zero-order valence-electron chi connectivity index (χ0n) is 14.3. The minimum absolute atomic E-state index is 0.105. The lowest BCUT2D eigenvalue weighted by atomic mass is 9.87. The van der Waals surface area contributed by atoms with Gasteiger partial charge in [-0.25, -0.2) is 0 Å². The van der Waals surface area contributed by atoms with Gasteiger partial charge in [0.2, 0.25) is 0 Å². The Balaban J connectivity index is 1.28. The number of piperidine rings is 1. The molecule has 24 heavy (non-hydrogen) atoms. The number of likely N-dealkylation sites (N-methyl/N-ethyl adjacent to an activating group) is 1. The number of thiophene rings is 1. The molecule has 130 valence electrons. The summed E-state index contributed by atoms with van der Waals surface area (Å²) in [5.41, 5.74) is 0.105. The van der Waals surface area contributed by atoms with E-state index in [2.05, 4.69) is 34.4 Å². The average molecular weight is 346 g/mol. The van der Waals surface area contributed by atoms with Crippen molar-refractivity contribution in [3.63, 3.8) is 0 Å². The lowest BCUT2D eigenvalue weighted by Gasteiger charge is -2.38. The molecule has 0 saturated carbocycles. The van der Waals surface area contributed by atoms with Crippen LogP contribution in [0.4, 0.5) is 0 Å². The zero-order valence-corrected chi connectivity index (χ0v) is 15.1. The summed E-state index contributed by atoms with van der Waals surface area (Å²) in [7, 11) is 2.18. The molecule has 2 aromatic heterocycles. The fraction of sp³-hybridized carbons (Fsp3) is 0.579. The molecule has 0 bridgehead atoms. The molecule has 0 N–H and O–H groups in total. The van der Waals surface area contributed by atoms with Gasteiger partial charge in [-0.3, -0.25) is 9.80 Å². The molecule has 0 radical (unpaired) electrons. The van der Waals surface area contributed by atoms with Gasteiger partial charge in [-0.05, 0) is 49.9 Å². The highest BCUT2D eigenvalue weighted by Gasteiger charge is 2.43. The molecule has 1 atom stereocenters. The molecule has 5 heteroatoms. The van der Waals surface area contributed by atoms with Crippen molar-refractivity contribution < 1.29 is 9.15 Å². The molecule has 2 aromatic rings. The number of nitrogens with zero attached hydrogens (tertiary/aromatic N) is 2. The molecule has 2 aliphatic heterocycles. The van der Waals surface area contributed by atoms with Crippen molar-refractivity contribution >= 4 is 11.3 Å². The van der Waals surface area contributed by atoms with Gasteiger partial charge in [0.15, 0.2) is 0 Å². The largest absolute Gasteiger partial charge is 0.468 e. The van der Waals surface area contributed by atoms with Gasteiger partial charge in [-0.2, -0.15) is 0 Å². The topological polar surface area (TPSA) is 28.9 Å². The maximum absolute atomic E-state index is 6.32. The van der Waals surface area contributed by atoms with E-state index in [1.54, 1.807) is 6.26 Å². The van der Waals surface area contributed by atoms with Gasteiger partial charge in [-0.15, -0.1) is 11.3 Å². The van der Waals surface area contributed by atoms with Crippen LogP contribution in [0.15, 0.2) is 40.3 Å². The van der Waals surface area contributed by atoms with Crippen LogP contribution in [0, 0.1) is 0 Å². The van der Waals surface area contributed by atoms with Crippen LogP contribution in [0.3, 0.4) is 0 Å². The Labute approximate surface area is 148 Å². The summed E-state index contributed by atoms with van der Waals surface area (Å²) < 4.78 is 11.8. The fourth-order valence-corrected chi connectivity index (χ4v) is 4.72. The lowest BCUT2D eigenvalue weighted by molar-refractivity contribution is -0.0451. The van der Waals surface area contributed by atoms with Crippen LogP contribution in [0.1, 0.15) is 29.9 Å². The Morgan fingerprint density at radius 1 is 1.29 bits per heavy atom. The molecular weight excluding hydrogens is 320 g/mol. The molecule has 0 aromatic carbocycles. The van der Waals surface area contributed by atoms with Crippen molar-refractivity contribution in [2.75, 3.05) is 26.7 Å². The van der Waals surface area contributed by atoms with Gasteiger partial charge in [0.1, 0.15) is 5.76 Å². The van der Waals surface area contributed by atoms with Crippen LogP contribution in [-0.4, -0.2) is 48.2 Å². The second kappa shape index (κ2) is 7.00. The molecule has 2 fully saturated rings. The summed E-state index contributed by atoms with van der Waals surface area (Å²) in [6.45, 7) is 5.10. The number of likely N-dealkylation sites (tertiary alicyclic amines) is 1. The van der Waals surface area contributed by atoms with Gasteiger partial charge < -0.3 is 9.15 Å². The van der Waals surface area contributed by atoms with E-state index in [0.717, 1.165) is 57.8 Å². The highest BCUT2D eigenvalue weighted by Crippen LogP contribution is 2.38. The van der Waals surface area contributed by atoms with Gasteiger partial charge in [-0.1, -0.05) is 6.07 Å². The number of ether oxygens (including phenoxy) is 1. The van der Waals surface area contributed by atoms with E-state index in [4.69, 9.17) is 9.15 Å². The summed E-state index contributed by atoms with van der Waals surface area (Å²) in [4.78, 5) is 6.42. The minimum atomic E-state index is 0.105. The van der Waals surface area contributed by atoms with E-state index in [1.165, 1.54) is 4.88 Å². The van der Waals surface area contributed by atoms with Gasteiger partial charge in [0.25, 0.3) is 0 Å². The minimum Gasteiger partial charge on any atom is -0.468 e. The smallest absolute Gasteiger partial charge is 0.117 e. The fourth-order valence-electron chi connectivity index (χ4n) is 3.97. The highest BCUT2D eigenvalue weighted by atomic mass is 32.1. The summed E-state index contributed by atoms with van der Waals surface area (Å²) in [5, 5.41) is 2.17. The summed E-state index contributed by atoms with van der Waals surface area (Å²) >= 11 is 1.86. The third kappa shape index (κ3) is 3.59. The molecular formula is C19H26N2O2S. The molecule has 0 aliphatic carbocycles. The third-order valence-corrected chi connectivity index (χ3v) is 6.39. The van der Waals surface area contributed by atoms with Crippen molar-refractivity contribution in [3.05, 3.63) is 46.5 Å². The molecule has 2 saturated heterocycles. The molecule has 0 unspecified atom stereocenters. The average Bonchev–Trinajstić information content (AvgIpc) is 3.33. The van der Waals surface area contributed by atoms with Crippen LogP contribution in [0.2, 0.25) is 0 Å². The summed E-state index contributed by atoms with van der Waals surface area (Å²) in [6.07, 6.45) is 5.21. The van der Waals surface area contributed by atoms with E-state index in [-0.39, 0.29) is 5.60 Å². The van der Waals surface area contributed by atoms with Gasteiger partial charge in [0, 0.05) is 30.6 Å². The maximum Gasteiger partial charge on any atom is 0.117 e. The molecule has 0 amide bonds. The van der Waals surface area contributed by atoms with Crippen LogP contribution < -0.4 is 0 Å². The second-order valence-corrected chi connectivity index (χ2v) is 8.23. The normalized spacial score (nSPS) is 24.2. The number of hydrogen-bond donors (Lipinski definition) is 0. The lowest BCUT2D eigenvalue weighted by Crippen LogP contribution is -2.44. The Morgan fingerprint density at radius 3 is 2.88 bits per heavy atom. The number of furan rings is 1. The molecule has 4 heterocycles. The molecule has 1 spiro atoms. The first-order valence-corrected chi connectivity index (χ1v) is 9.72. The van der Waals surface area contributed by atoms with Crippen molar-refractivity contribution in [1.29, 1.82) is 0 Å². The van der Waals surface area contributed by atoms with E-state index in [0.29, 0.717) is 6.04 Å². The molecule has 4 nitrogen and oxygen atoms in total. The van der Waals surface area contributed by atoms with Crippen LogP contribution >= 0.6 is 11.3 Å². The second-order valence-electron chi connectivity index (χ2n) is 7.20. The summed E-state index contributed by atoms with van der Waals surface area (Å²) in [6, 6.07) is 8.88. The Morgan fingerprint density at radius 2 is 2.17 bits per heavy atom. The van der Waals surface area contributed by atoms with Crippen LogP contribution in [0.25, 0.3) is 0 Å². The van der Waals surface area contributed by atoms with E-state index in [1.807, 2.05) is 23.5 Å². The standard InChI is InChI=1S/C19H26N2O2S/c1-20(13-17-4-2-10-22-17)16-12-19(23-15-16)6-8-21(9-7-19)14-18-5-3-11-24-18/h2-5,10-11,16H,6-9,12-15H2,1H3/t16-/m1/s1. The SMILES string of the molecule is CN(Cc1ccco1)[C@H]1COC2(CCN(Cc3cccs3)CC2)C1. The number of hydrogen-bond acceptors (Lipinski definition) is 5. The predicted octanol–water partition coefficient (Wildman–Crippen LogP) is 3.60. The Kier molecular flexibility index (Phi) is 4.77. The van der Waals surface area contributed by atoms with Crippen LogP contribution in [0.5, 0.6) is 0 Å². The first-order valence-electron chi connectivity index (χ1n) is 8.84. The first kappa shape index (κ1) is 16.3. The van der Waals surface area contributed by atoms with E-state index in [9.17, 15) is 0 Å². The third-order valence-electron chi connectivity index (χ3n) is 5.53. The Bertz CT molecular complexity index is 618. The quantitative estimate of drug-likeness (QED) is 0.827. The van der Waals surface area contributed by atoms with E-state index < -0.39 is 0 Å². The van der Waals surface area contributed by atoms with Crippen molar-refractivity contribution in [1.82, 2.24) is 9.80 Å². The monoisotopic (exact) mass is 346 g/mol. The highest BCUT2D eigenvalue weighted by molar-refractivity contribution is 7.09. The van der Waals surface area contributed by atoms with Crippen LogP contribution in [-0.2, 0) is 17.8 Å².